The molecule has 1 aliphatic heterocycles. The van der Waals surface area contributed by atoms with Gasteiger partial charge in [0.2, 0.25) is 0 Å². The highest BCUT2D eigenvalue weighted by atomic mass is 16.6. The summed E-state index contributed by atoms with van der Waals surface area (Å²) in [7, 11) is 0. The lowest BCUT2D eigenvalue weighted by atomic mass is 10.1. The highest BCUT2D eigenvalue weighted by Crippen LogP contribution is 2.17. The van der Waals surface area contributed by atoms with Gasteiger partial charge in [-0.25, -0.2) is 4.79 Å². The predicted octanol–water partition coefficient (Wildman–Crippen LogP) is 2.70. The molecule has 0 bridgehead atoms. The molecule has 1 fully saturated rings. The molecule has 1 saturated heterocycles. The fourth-order valence-corrected chi connectivity index (χ4v) is 2.61. The first-order valence-corrected chi connectivity index (χ1v) is 8.93. The lowest BCUT2D eigenvalue weighted by Gasteiger charge is -2.31. The number of esters is 1. The summed E-state index contributed by atoms with van der Waals surface area (Å²) in [6, 6.07) is -0.425. The largest absolute Gasteiger partial charge is 0.466 e. The van der Waals surface area contributed by atoms with Gasteiger partial charge in [0.25, 0.3) is 0 Å². The fraction of sp³-hybridized carbons (Fsp3) is 0.833. The third-order valence-corrected chi connectivity index (χ3v) is 3.82. The van der Waals surface area contributed by atoms with E-state index in [0.717, 1.165) is 12.8 Å². The summed E-state index contributed by atoms with van der Waals surface area (Å²) < 4.78 is 15.7. The van der Waals surface area contributed by atoms with E-state index in [0.29, 0.717) is 6.61 Å². The van der Waals surface area contributed by atoms with E-state index >= 15 is 0 Å². The number of amides is 1. The molecule has 25 heavy (non-hydrogen) atoms. The van der Waals surface area contributed by atoms with Crippen molar-refractivity contribution < 1.29 is 28.6 Å². The molecule has 7 heteroatoms. The van der Waals surface area contributed by atoms with Crippen LogP contribution in [0.2, 0.25) is 0 Å². The van der Waals surface area contributed by atoms with Crippen molar-refractivity contribution in [1.82, 2.24) is 4.90 Å². The number of hydrogen-bond donors (Lipinski definition) is 0. The van der Waals surface area contributed by atoms with Gasteiger partial charge in [-0.3, -0.25) is 9.59 Å². The zero-order chi connectivity index (χ0) is 19.0. The van der Waals surface area contributed by atoms with Crippen LogP contribution < -0.4 is 0 Å². The second kappa shape index (κ2) is 9.75. The van der Waals surface area contributed by atoms with Gasteiger partial charge in [0.15, 0.2) is 5.78 Å². The first-order chi connectivity index (χ1) is 11.6. The van der Waals surface area contributed by atoms with Gasteiger partial charge in [0.05, 0.1) is 13.0 Å². The van der Waals surface area contributed by atoms with E-state index in [1.165, 1.54) is 4.90 Å². The number of carbonyl (C=O) groups excluding carboxylic acids is 3. The molecule has 1 aliphatic rings. The van der Waals surface area contributed by atoms with Crippen LogP contribution >= 0.6 is 0 Å². The summed E-state index contributed by atoms with van der Waals surface area (Å²) in [5, 5.41) is 0. The molecule has 1 unspecified atom stereocenters. The highest BCUT2D eigenvalue weighted by molar-refractivity contribution is 5.84. The van der Waals surface area contributed by atoms with Crippen molar-refractivity contribution in [2.75, 3.05) is 19.8 Å². The van der Waals surface area contributed by atoms with Gasteiger partial charge in [0.1, 0.15) is 11.7 Å². The summed E-state index contributed by atoms with van der Waals surface area (Å²) >= 11 is 0. The zero-order valence-electron chi connectivity index (χ0n) is 16.0. The zero-order valence-corrected chi connectivity index (χ0v) is 16.0. The van der Waals surface area contributed by atoms with E-state index in [4.69, 9.17) is 14.2 Å². The van der Waals surface area contributed by atoms with Gasteiger partial charge in [-0.1, -0.05) is 0 Å². The van der Waals surface area contributed by atoms with Crippen LogP contribution in [0.4, 0.5) is 4.79 Å². The van der Waals surface area contributed by atoms with E-state index in [2.05, 4.69) is 0 Å². The molecule has 0 saturated carbocycles. The van der Waals surface area contributed by atoms with Gasteiger partial charge in [-0.2, -0.15) is 0 Å². The number of ketones is 1. The Bertz CT molecular complexity index is 465. The molecular weight excluding hydrogens is 326 g/mol. The minimum absolute atomic E-state index is 0.0191. The Labute approximate surface area is 150 Å². The predicted molar refractivity (Wildman–Crippen MR) is 92.3 cm³/mol. The van der Waals surface area contributed by atoms with Crippen molar-refractivity contribution >= 4 is 17.8 Å². The first kappa shape index (κ1) is 21.4. The van der Waals surface area contributed by atoms with Crippen molar-refractivity contribution in [2.45, 2.75) is 78.0 Å². The highest BCUT2D eigenvalue weighted by Gasteiger charge is 2.30. The van der Waals surface area contributed by atoms with E-state index in [1.807, 2.05) is 0 Å². The van der Waals surface area contributed by atoms with Crippen molar-refractivity contribution in [3.63, 3.8) is 0 Å². The number of carbonyl (C=O) groups is 3. The van der Waals surface area contributed by atoms with Crippen LogP contribution in [0, 0.1) is 0 Å². The summed E-state index contributed by atoms with van der Waals surface area (Å²) in [6.07, 6.45) is 0.929. The molecule has 7 nitrogen and oxygen atoms in total. The van der Waals surface area contributed by atoms with Gasteiger partial charge < -0.3 is 19.1 Å². The monoisotopic (exact) mass is 357 g/mol. The quantitative estimate of drug-likeness (QED) is 0.621. The summed E-state index contributed by atoms with van der Waals surface area (Å²) in [5.41, 5.74) is -0.655. The van der Waals surface area contributed by atoms with Crippen LogP contribution in [0.25, 0.3) is 0 Å². The normalized spacial score (nSPS) is 18.5. The molecule has 0 aliphatic carbocycles. The lowest BCUT2D eigenvalue weighted by molar-refractivity contribution is -0.144. The van der Waals surface area contributed by atoms with Crippen LogP contribution in [-0.4, -0.2) is 60.3 Å². The molecule has 0 aromatic rings. The molecule has 0 N–H and O–H groups in total. The second-order valence-electron chi connectivity index (χ2n) is 7.25. The van der Waals surface area contributed by atoms with Crippen molar-refractivity contribution in [1.29, 1.82) is 0 Å². The fourth-order valence-electron chi connectivity index (χ4n) is 2.61. The topological polar surface area (TPSA) is 82.1 Å². The Kier molecular flexibility index (Phi) is 8.35. The van der Waals surface area contributed by atoms with Crippen LogP contribution in [0.1, 0.15) is 60.3 Å². The second-order valence-corrected chi connectivity index (χ2v) is 7.25. The lowest BCUT2D eigenvalue weighted by Crippen LogP contribution is -2.44. The number of Topliss-reactive ketones (excluding diaryl/α,β-unsaturated/α-hetero) is 1. The van der Waals surface area contributed by atoms with E-state index in [-0.39, 0.29) is 43.8 Å². The van der Waals surface area contributed by atoms with Crippen molar-refractivity contribution in [2.24, 2.45) is 0 Å². The van der Waals surface area contributed by atoms with Crippen LogP contribution in [0.3, 0.4) is 0 Å². The maximum absolute atomic E-state index is 12.5. The molecule has 0 radical (unpaired) electrons. The number of ether oxygens (including phenoxy) is 3. The minimum Gasteiger partial charge on any atom is -0.466 e. The molecule has 144 valence electrons. The molecule has 1 amide bonds. The molecule has 1 heterocycles. The van der Waals surface area contributed by atoms with Gasteiger partial charge >= 0.3 is 12.1 Å². The van der Waals surface area contributed by atoms with Crippen LogP contribution in [0.15, 0.2) is 0 Å². The Morgan fingerprint density at radius 1 is 1.28 bits per heavy atom. The maximum Gasteiger partial charge on any atom is 0.410 e. The number of hydrogen-bond acceptors (Lipinski definition) is 6. The summed E-state index contributed by atoms with van der Waals surface area (Å²) in [6.45, 7) is 9.88. The first-order valence-electron chi connectivity index (χ1n) is 8.93. The summed E-state index contributed by atoms with van der Waals surface area (Å²) in [5.74, 6) is -0.400. The Balaban J connectivity index is 2.70. The minimum atomic E-state index is -0.655. The standard InChI is InChI=1S/C18H31NO6/c1-6-23-16(21)12-13(2)19(17(22)25-18(3,4)5)10-9-14(20)15-8-7-11-24-15/h13,15H,6-12H2,1-5H3/t13-,15?/m0/s1. The smallest absolute Gasteiger partial charge is 0.410 e. The van der Waals surface area contributed by atoms with Crippen LogP contribution in [0.5, 0.6) is 0 Å². The van der Waals surface area contributed by atoms with E-state index in [9.17, 15) is 14.4 Å². The molecule has 2 atom stereocenters. The Hall–Kier alpha value is -1.63. The molecule has 0 aromatic heterocycles. The molecular formula is C18H31NO6. The third-order valence-electron chi connectivity index (χ3n) is 3.82. The van der Waals surface area contributed by atoms with Crippen molar-refractivity contribution in [3.8, 4) is 0 Å². The van der Waals surface area contributed by atoms with E-state index in [1.54, 1.807) is 34.6 Å². The number of nitrogens with zero attached hydrogens (tertiary/aromatic N) is 1. The summed E-state index contributed by atoms with van der Waals surface area (Å²) in [4.78, 5) is 37.8. The van der Waals surface area contributed by atoms with E-state index < -0.39 is 17.7 Å². The average molecular weight is 357 g/mol. The Morgan fingerprint density at radius 3 is 2.48 bits per heavy atom. The van der Waals surface area contributed by atoms with Gasteiger partial charge in [-0.15, -0.1) is 0 Å². The molecule has 1 rings (SSSR count). The van der Waals surface area contributed by atoms with Gasteiger partial charge in [0, 0.05) is 25.6 Å². The maximum atomic E-state index is 12.5. The SMILES string of the molecule is CCOC(=O)C[C@H](C)N(CCC(=O)C1CCCO1)C(=O)OC(C)(C)C. The van der Waals surface area contributed by atoms with Gasteiger partial charge in [-0.05, 0) is 47.5 Å². The molecule has 0 spiro atoms. The molecule has 0 aromatic carbocycles. The average Bonchev–Trinajstić information content (AvgIpc) is 2.99. The van der Waals surface area contributed by atoms with Crippen LogP contribution in [-0.2, 0) is 23.8 Å². The number of rotatable bonds is 8. The Morgan fingerprint density at radius 2 is 1.96 bits per heavy atom. The third kappa shape index (κ3) is 7.86. The van der Waals surface area contributed by atoms with Crippen molar-refractivity contribution in [3.05, 3.63) is 0 Å².